The van der Waals surface area contributed by atoms with E-state index in [0.717, 1.165) is 217 Å². The van der Waals surface area contributed by atoms with Crippen molar-refractivity contribution in [2.24, 2.45) is 0 Å². The number of halogens is 1. The molecule has 1 atom stereocenters. The van der Waals surface area contributed by atoms with Gasteiger partial charge in [0.1, 0.15) is 33.6 Å². The van der Waals surface area contributed by atoms with Gasteiger partial charge in [-0.1, -0.05) is 38.1 Å². The van der Waals surface area contributed by atoms with Gasteiger partial charge in [-0.3, -0.25) is 0 Å². The zero-order valence-corrected chi connectivity index (χ0v) is 78.1. The van der Waals surface area contributed by atoms with E-state index in [9.17, 15) is 28.4 Å². The van der Waals surface area contributed by atoms with Gasteiger partial charge in [0.2, 0.25) is 17.6 Å². The van der Waals surface area contributed by atoms with Gasteiger partial charge in [0.05, 0.1) is 77.6 Å². The number of nitrogens with zero attached hydrogens (tertiary/aromatic N) is 15. The number of imidazole rings is 2. The Hall–Kier alpha value is -14.9. The molecular formula is C106H110FN17O13. The number of methoxy groups -OCH3 is 3. The zero-order valence-electron chi connectivity index (χ0n) is 78.1. The normalized spacial score (nSPS) is 15.8. The standard InChI is InChI=1S/C23H24N4O2.C21H19FN4O2.2C21H23N3O3.C20H21N3O3/c1-3-16-5-4-8-27-15-20(24-22(16)27)19-13-17-6-7-18(14-21(17)29-23(19)28)26-11-9-25(2)10-12-26;22-17-3-1-8-26-13-18(24-20(17)26)16-11-14-4-5-15(12-19(14)28-21(16)27)25-9-2-6-23-7-10-25;1-23-9-4-10-24(12-11-23)16-8-7-15-13-17(21(25)27-19(15)14-16)18-5-3-6-20(22-18)26-2;1-3-23-9-11-24(12-10-23)16-8-7-15-13-17(21(25)27-19(15)14-16)18-5-4-6-20(22-18)26-2;1-13-12-23(9-8-21-13)15-7-6-14-10-16(20(24)26-18(14)11-15)17-4-3-5-19(22-17)25-2/h4-8,13-15H,3,9-12H2,1-2H3;1,3-5,8,11-13,23H,2,6-7,9-10H2;3,5-8,13-14H,4,9-12H2,1-2H3;4-8,13-14H,3,9-12H2,1-2H3;3-7,10-11,13,21H,8-9,12H2,1-2H3/t;;;;13-/m....1/s1. The number of hydrogen-bond donors (Lipinski definition) is 2. The van der Waals surface area contributed by atoms with E-state index in [-0.39, 0.29) is 11.3 Å². The lowest BCUT2D eigenvalue weighted by Gasteiger charge is -2.35. The number of piperazine rings is 3. The molecule has 17 heterocycles. The fraction of sp³-hybridized carbons (Fsp3) is 0.302. The highest BCUT2D eigenvalue weighted by Crippen LogP contribution is 2.34. The summed E-state index contributed by atoms with van der Waals surface area (Å²) in [6.07, 6.45) is 10.3. The van der Waals surface area contributed by atoms with Crippen LogP contribution >= 0.6 is 0 Å². The van der Waals surface area contributed by atoms with Crippen LogP contribution in [0.15, 0.2) is 271 Å². The van der Waals surface area contributed by atoms with Crippen LogP contribution in [0.5, 0.6) is 17.6 Å². The Balaban J connectivity index is 0.000000114. The number of benzene rings is 5. The Kier molecular flexibility index (Phi) is 28.3. The second-order valence-electron chi connectivity index (χ2n) is 34.7. The van der Waals surface area contributed by atoms with Gasteiger partial charge in [0, 0.05) is 246 Å². The third-order valence-electron chi connectivity index (χ3n) is 25.7. The van der Waals surface area contributed by atoms with E-state index in [4.69, 9.17) is 41.3 Å². The van der Waals surface area contributed by atoms with Crippen molar-refractivity contribution >= 4 is 94.6 Å². The quantitative estimate of drug-likeness (QED) is 0.0901. The molecule has 0 aliphatic carbocycles. The highest BCUT2D eigenvalue weighted by molar-refractivity contribution is 5.89. The summed E-state index contributed by atoms with van der Waals surface area (Å²) in [6.45, 7) is 26.4. The Morgan fingerprint density at radius 1 is 0.365 bits per heavy atom. The molecule has 2 N–H and O–H groups in total. The maximum Gasteiger partial charge on any atom is 0.345 e. The van der Waals surface area contributed by atoms with E-state index in [1.807, 2.05) is 126 Å². The molecule has 30 nitrogen and oxygen atoms in total. The molecule has 0 amide bonds. The molecule has 0 unspecified atom stereocenters. The lowest BCUT2D eigenvalue weighted by atomic mass is 10.1. The molecule has 5 saturated heterocycles. The summed E-state index contributed by atoms with van der Waals surface area (Å²) in [6, 6.07) is 62.7. The topological polar surface area (TPSA) is 302 Å². The van der Waals surface area contributed by atoms with Gasteiger partial charge in [-0.25, -0.2) is 53.3 Å². The van der Waals surface area contributed by atoms with Crippen molar-refractivity contribution in [1.29, 1.82) is 0 Å². The average molecular weight is 1850 g/mol. The molecule has 0 spiro atoms. The number of hydrogen-bond acceptors (Lipinski definition) is 28. The summed E-state index contributed by atoms with van der Waals surface area (Å²) in [7, 11) is 8.94. The first kappa shape index (κ1) is 92.6. The largest absolute Gasteiger partial charge is 0.481 e. The Morgan fingerprint density at radius 2 is 0.730 bits per heavy atom. The lowest BCUT2D eigenvalue weighted by Crippen LogP contribution is -2.49. The van der Waals surface area contributed by atoms with Gasteiger partial charge in [0.15, 0.2) is 11.5 Å². The monoisotopic (exact) mass is 1850 g/mol. The van der Waals surface area contributed by atoms with Crippen molar-refractivity contribution in [3.8, 4) is 73.9 Å². The van der Waals surface area contributed by atoms with Crippen LogP contribution < -0.4 is 77.5 Å². The molecule has 17 aromatic rings. The Morgan fingerprint density at radius 3 is 1.14 bits per heavy atom. The Bertz CT molecular complexity index is 7540. The summed E-state index contributed by atoms with van der Waals surface area (Å²) in [5, 5.41) is 11.2. The number of nitrogens with one attached hydrogen (secondary N) is 2. The van der Waals surface area contributed by atoms with Gasteiger partial charge >= 0.3 is 28.1 Å². The number of aromatic nitrogens is 7. The van der Waals surface area contributed by atoms with Crippen LogP contribution in [-0.2, 0) is 6.42 Å². The molecule has 12 aromatic heterocycles. The second-order valence-corrected chi connectivity index (χ2v) is 34.7. The van der Waals surface area contributed by atoms with Crippen molar-refractivity contribution in [2.75, 3.05) is 191 Å². The molecule has 31 heteroatoms. The molecule has 5 aromatic carbocycles. The van der Waals surface area contributed by atoms with Crippen LogP contribution in [0.25, 0.3) is 122 Å². The van der Waals surface area contributed by atoms with Gasteiger partial charge in [-0.05, 0) is 193 Å². The maximum absolute atomic E-state index is 13.9. The third kappa shape index (κ3) is 21.3. The van der Waals surface area contributed by atoms with E-state index in [1.165, 1.54) is 6.07 Å². The van der Waals surface area contributed by atoms with Crippen molar-refractivity contribution in [1.82, 2.24) is 59.1 Å². The molecule has 5 fully saturated rings. The number of likely N-dealkylation sites (N-methyl/N-ethyl adjacent to an activating group) is 3. The third-order valence-corrected chi connectivity index (χ3v) is 25.7. The number of anilines is 5. The van der Waals surface area contributed by atoms with Crippen LogP contribution in [0.4, 0.5) is 32.8 Å². The van der Waals surface area contributed by atoms with Crippen LogP contribution in [0.3, 0.4) is 0 Å². The maximum atomic E-state index is 13.9. The minimum absolute atomic E-state index is 0.183. The van der Waals surface area contributed by atoms with Crippen LogP contribution in [-0.4, -0.2) is 221 Å². The molecule has 704 valence electrons. The van der Waals surface area contributed by atoms with Gasteiger partial charge in [-0.15, -0.1) is 0 Å². The average Bonchev–Trinajstić information content (AvgIpc) is 1.64. The first-order valence-corrected chi connectivity index (χ1v) is 46.6. The van der Waals surface area contributed by atoms with Gasteiger partial charge in [0.25, 0.3) is 0 Å². The van der Waals surface area contributed by atoms with Gasteiger partial charge < -0.3 is 94.9 Å². The van der Waals surface area contributed by atoms with Crippen LogP contribution in [0.1, 0.15) is 39.2 Å². The minimum atomic E-state index is -0.481. The van der Waals surface area contributed by atoms with E-state index < -0.39 is 28.3 Å². The van der Waals surface area contributed by atoms with Crippen molar-refractivity contribution < 1.29 is 40.7 Å². The van der Waals surface area contributed by atoms with Crippen molar-refractivity contribution in [3.05, 3.63) is 288 Å². The predicted molar refractivity (Wildman–Crippen MR) is 537 cm³/mol. The van der Waals surface area contributed by atoms with Gasteiger partial charge in [-0.2, -0.15) is 0 Å². The second kappa shape index (κ2) is 41.9. The fourth-order valence-corrected chi connectivity index (χ4v) is 18.0. The molecule has 0 radical (unpaired) electrons. The summed E-state index contributed by atoms with van der Waals surface area (Å²) in [5.41, 5.74) is 13.3. The predicted octanol–water partition coefficient (Wildman–Crippen LogP) is 15.1. The number of rotatable bonds is 15. The summed E-state index contributed by atoms with van der Waals surface area (Å²) >= 11 is 0. The number of ether oxygens (including phenoxy) is 3. The summed E-state index contributed by atoms with van der Waals surface area (Å²) in [4.78, 5) is 104. The summed E-state index contributed by atoms with van der Waals surface area (Å²) in [5.74, 6) is 0.961. The molecule has 137 heavy (non-hydrogen) atoms. The molecule has 0 saturated carbocycles. The molecule has 5 aliphatic rings. The highest BCUT2D eigenvalue weighted by Gasteiger charge is 2.25. The van der Waals surface area contributed by atoms with E-state index in [0.29, 0.717) is 108 Å². The summed E-state index contributed by atoms with van der Waals surface area (Å²) < 4.78 is 61.1. The SMILES string of the molecule is CCN1CCN(c2ccc3cc(-c4cccc(OC)n4)c(=O)oc3c2)CC1.CCc1cccn2cc(-c3cc4ccc(N5CCN(C)CC5)cc4oc3=O)nc12.COc1cccc(-c2cc3ccc(N4CCCN(C)CC4)cc3oc2=O)n1.COc1cccc(-c2cc3ccc(N4CCN[C@H](C)C4)cc3oc2=O)n1.O=c1oc2cc(N3CCCNCC3)ccc2cc1-c1cn2cccc(F)c2n1. The fourth-order valence-electron chi connectivity index (χ4n) is 18.0. The van der Waals surface area contributed by atoms with Crippen LogP contribution in [0.2, 0.25) is 0 Å². The van der Waals surface area contributed by atoms with Crippen LogP contribution in [0, 0.1) is 5.82 Å². The zero-order chi connectivity index (χ0) is 94.7. The lowest BCUT2D eigenvalue weighted by molar-refractivity contribution is 0.271. The molecule has 0 bridgehead atoms. The van der Waals surface area contributed by atoms with E-state index in [2.05, 4.69) is 135 Å². The van der Waals surface area contributed by atoms with E-state index >= 15 is 0 Å². The smallest absolute Gasteiger partial charge is 0.345 e. The first-order chi connectivity index (χ1) is 66.7. The van der Waals surface area contributed by atoms with Crippen molar-refractivity contribution in [3.63, 3.8) is 0 Å². The highest BCUT2D eigenvalue weighted by atomic mass is 19.1. The van der Waals surface area contributed by atoms with E-state index in [1.54, 1.807) is 92.7 Å². The number of pyridine rings is 5. The number of fused-ring (bicyclic) bond motifs is 7. The molecule has 22 rings (SSSR count). The first-order valence-electron chi connectivity index (χ1n) is 46.6. The number of aryl methyl sites for hydroxylation is 1. The van der Waals surface area contributed by atoms with Crippen molar-refractivity contribution in [2.45, 2.75) is 46.1 Å². The Labute approximate surface area is 789 Å². The molecule has 5 aliphatic heterocycles. The molecular weight excluding hydrogens is 1740 g/mol. The minimum Gasteiger partial charge on any atom is -0.481 e.